The molecule has 0 unspecified atom stereocenters. The van der Waals surface area contributed by atoms with E-state index in [1.165, 1.54) is 0 Å². The van der Waals surface area contributed by atoms with Gasteiger partial charge in [-0.1, -0.05) is 13.8 Å². The maximum absolute atomic E-state index is 13.1. The van der Waals surface area contributed by atoms with E-state index in [0.29, 0.717) is 6.21 Å². The van der Waals surface area contributed by atoms with Crippen molar-refractivity contribution in [1.82, 2.24) is 0 Å². The zero-order valence-electron chi connectivity index (χ0n) is 9.20. The van der Waals surface area contributed by atoms with Crippen LogP contribution < -0.4 is 0 Å². The number of hydrogen-bond acceptors (Lipinski definition) is 1. The molecule has 1 nitrogen and oxygen atoms in total. The number of rotatable bonds is 3. The Kier molecular flexibility index (Phi) is 4.20. The highest BCUT2D eigenvalue weighted by molar-refractivity contribution is 5.80. The Morgan fingerprint density at radius 2 is 1.29 bits per heavy atom. The van der Waals surface area contributed by atoms with Crippen LogP contribution in [0.1, 0.15) is 19.4 Å². The van der Waals surface area contributed by atoms with Crippen molar-refractivity contribution >= 4 is 6.21 Å². The molecule has 17 heavy (non-hydrogen) atoms. The zero-order valence-corrected chi connectivity index (χ0v) is 9.20. The van der Waals surface area contributed by atoms with E-state index in [0.717, 1.165) is 0 Å². The molecule has 0 saturated heterocycles. The van der Waals surface area contributed by atoms with Crippen LogP contribution in [0, 0.1) is 35.0 Å². The van der Waals surface area contributed by atoms with Crippen LogP contribution in [0.2, 0.25) is 0 Å². The fourth-order valence-electron chi connectivity index (χ4n) is 1.09. The van der Waals surface area contributed by atoms with E-state index < -0.39 is 34.6 Å². The van der Waals surface area contributed by atoms with Crippen LogP contribution in [0.15, 0.2) is 4.99 Å². The zero-order chi connectivity index (χ0) is 13.2. The third-order valence-electron chi connectivity index (χ3n) is 1.93. The van der Waals surface area contributed by atoms with Gasteiger partial charge in [0.25, 0.3) is 0 Å². The average molecular weight is 251 g/mol. The van der Waals surface area contributed by atoms with Gasteiger partial charge in [-0.05, 0) is 5.92 Å². The minimum Gasteiger partial charge on any atom is -0.292 e. The molecule has 6 heteroatoms. The molecule has 0 aliphatic carbocycles. The fourth-order valence-corrected chi connectivity index (χ4v) is 1.09. The van der Waals surface area contributed by atoms with E-state index in [4.69, 9.17) is 0 Å². The number of nitrogens with zero attached hydrogens (tertiary/aromatic N) is 1. The molecule has 1 aromatic carbocycles. The third-order valence-corrected chi connectivity index (χ3v) is 1.93. The molecule has 0 saturated carbocycles. The second-order valence-electron chi connectivity index (χ2n) is 3.87. The van der Waals surface area contributed by atoms with E-state index in [9.17, 15) is 22.0 Å². The van der Waals surface area contributed by atoms with E-state index in [1.54, 1.807) is 13.8 Å². The first-order valence-corrected chi connectivity index (χ1v) is 4.87. The van der Waals surface area contributed by atoms with Gasteiger partial charge in [0.05, 0.1) is 5.56 Å². The number of halogens is 5. The van der Waals surface area contributed by atoms with Crippen molar-refractivity contribution < 1.29 is 22.0 Å². The molecule has 0 bridgehead atoms. The van der Waals surface area contributed by atoms with Crippen LogP contribution in [0.5, 0.6) is 0 Å². The summed E-state index contributed by atoms with van der Waals surface area (Å²) in [5.74, 6) is -9.71. The van der Waals surface area contributed by atoms with Crippen LogP contribution in [-0.2, 0) is 0 Å². The first kappa shape index (κ1) is 13.6. The average Bonchev–Trinajstić information content (AvgIpc) is 2.28. The molecular weight excluding hydrogens is 241 g/mol. The molecule has 0 atom stereocenters. The molecule has 1 aromatic rings. The highest BCUT2D eigenvalue weighted by atomic mass is 19.2. The summed E-state index contributed by atoms with van der Waals surface area (Å²) >= 11 is 0. The molecule has 0 spiro atoms. The quantitative estimate of drug-likeness (QED) is 0.337. The lowest BCUT2D eigenvalue weighted by molar-refractivity contribution is 0.377. The van der Waals surface area contributed by atoms with Crippen molar-refractivity contribution in [2.45, 2.75) is 13.8 Å². The summed E-state index contributed by atoms with van der Waals surface area (Å²) in [6.45, 7) is 3.84. The SMILES string of the molecule is CC(C)CN=Cc1c(F)c(F)c(F)c(F)c1F. The van der Waals surface area contributed by atoms with Crippen LogP contribution in [0.3, 0.4) is 0 Å². The summed E-state index contributed by atoms with van der Waals surface area (Å²) in [6, 6.07) is 0. The van der Waals surface area contributed by atoms with Gasteiger partial charge in [-0.2, -0.15) is 0 Å². The van der Waals surface area contributed by atoms with Gasteiger partial charge in [0.15, 0.2) is 23.3 Å². The Hall–Kier alpha value is -1.46. The van der Waals surface area contributed by atoms with Gasteiger partial charge in [0.2, 0.25) is 5.82 Å². The Balaban J connectivity index is 3.20. The molecular formula is C11H10F5N. The first-order valence-electron chi connectivity index (χ1n) is 4.87. The lowest BCUT2D eigenvalue weighted by Gasteiger charge is -2.04. The summed E-state index contributed by atoms with van der Waals surface area (Å²) in [4.78, 5) is 3.61. The van der Waals surface area contributed by atoms with E-state index in [-0.39, 0.29) is 12.5 Å². The minimum atomic E-state index is -2.17. The second kappa shape index (κ2) is 5.25. The predicted octanol–water partition coefficient (Wildman–Crippen LogP) is 3.46. The highest BCUT2D eigenvalue weighted by Crippen LogP contribution is 2.21. The summed E-state index contributed by atoms with van der Waals surface area (Å²) in [7, 11) is 0. The van der Waals surface area contributed by atoms with Crippen LogP contribution in [-0.4, -0.2) is 12.8 Å². The maximum atomic E-state index is 13.1. The van der Waals surface area contributed by atoms with E-state index >= 15 is 0 Å². The van der Waals surface area contributed by atoms with Crippen LogP contribution >= 0.6 is 0 Å². The van der Waals surface area contributed by atoms with Crippen LogP contribution in [0.25, 0.3) is 0 Å². The molecule has 0 radical (unpaired) electrons. The normalized spacial score (nSPS) is 11.8. The number of hydrogen-bond donors (Lipinski definition) is 0. The van der Waals surface area contributed by atoms with Gasteiger partial charge >= 0.3 is 0 Å². The summed E-state index contributed by atoms with van der Waals surface area (Å²) in [6.07, 6.45) is 0.663. The van der Waals surface area contributed by atoms with Gasteiger partial charge in [0, 0.05) is 12.8 Å². The van der Waals surface area contributed by atoms with E-state index in [2.05, 4.69) is 4.99 Å². The smallest absolute Gasteiger partial charge is 0.200 e. The fraction of sp³-hybridized carbons (Fsp3) is 0.364. The largest absolute Gasteiger partial charge is 0.292 e. The molecule has 94 valence electrons. The lowest BCUT2D eigenvalue weighted by Crippen LogP contribution is -2.07. The molecule has 0 aliphatic heterocycles. The van der Waals surface area contributed by atoms with Gasteiger partial charge in [-0.25, -0.2) is 22.0 Å². The molecule has 0 N–H and O–H groups in total. The Morgan fingerprint density at radius 3 is 1.71 bits per heavy atom. The number of benzene rings is 1. The minimum absolute atomic E-state index is 0.118. The van der Waals surface area contributed by atoms with Crippen molar-refractivity contribution in [2.75, 3.05) is 6.54 Å². The topological polar surface area (TPSA) is 12.4 Å². The molecule has 0 aromatic heterocycles. The van der Waals surface area contributed by atoms with Gasteiger partial charge in [0.1, 0.15) is 0 Å². The summed E-state index contributed by atoms with van der Waals surface area (Å²) in [5.41, 5.74) is -1.01. The molecule has 0 heterocycles. The Labute approximate surface area is 95.0 Å². The third kappa shape index (κ3) is 2.81. The van der Waals surface area contributed by atoms with Crippen molar-refractivity contribution in [2.24, 2.45) is 10.9 Å². The van der Waals surface area contributed by atoms with Crippen molar-refractivity contribution in [3.05, 3.63) is 34.6 Å². The Morgan fingerprint density at radius 1 is 0.882 bits per heavy atom. The predicted molar refractivity (Wildman–Crippen MR) is 53.5 cm³/mol. The van der Waals surface area contributed by atoms with Crippen molar-refractivity contribution in [3.63, 3.8) is 0 Å². The summed E-state index contributed by atoms with van der Waals surface area (Å²) in [5, 5.41) is 0. The highest BCUT2D eigenvalue weighted by Gasteiger charge is 2.24. The van der Waals surface area contributed by atoms with Crippen molar-refractivity contribution in [3.8, 4) is 0 Å². The molecule has 0 amide bonds. The van der Waals surface area contributed by atoms with E-state index in [1.807, 2.05) is 0 Å². The standard InChI is InChI=1S/C11H10F5N/c1-5(2)3-17-4-6-7(12)9(14)11(16)10(15)8(6)13/h4-5H,3H2,1-2H3. The Bertz CT molecular complexity index is 425. The molecule has 0 aliphatic rings. The monoisotopic (exact) mass is 251 g/mol. The summed E-state index contributed by atoms with van der Waals surface area (Å²) < 4.78 is 64.4. The molecule has 0 fully saturated rings. The van der Waals surface area contributed by atoms with Gasteiger partial charge < -0.3 is 0 Å². The van der Waals surface area contributed by atoms with Crippen LogP contribution in [0.4, 0.5) is 22.0 Å². The van der Waals surface area contributed by atoms with Gasteiger partial charge in [-0.3, -0.25) is 4.99 Å². The lowest BCUT2D eigenvalue weighted by atomic mass is 10.2. The van der Waals surface area contributed by atoms with Gasteiger partial charge in [-0.15, -0.1) is 0 Å². The molecule has 1 rings (SSSR count). The number of aliphatic imine (C=N–C) groups is 1. The second-order valence-corrected chi connectivity index (χ2v) is 3.87. The van der Waals surface area contributed by atoms with Crippen molar-refractivity contribution in [1.29, 1.82) is 0 Å². The first-order chi connectivity index (χ1) is 7.86. The maximum Gasteiger partial charge on any atom is 0.200 e.